The van der Waals surface area contributed by atoms with Crippen molar-refractivity contribution >= 4 is 17.1 Å². The molecule has 90 valence electrons. The van der Waals surface area contributed by atoms with Crippen LogP contribution in [-0.2, 0) is 13.6 Å². The Hall–Kier alpha value is -2.43. The molecule has 5 heteroatoms. The van der Waals surface area contributed by atoms with E-state index in [2.05, 4.69) is 20.3 Å². The van der Waals surface area contributed by atoms with Crippen LogP contribution < -0.4 is 5.32 Å². The van der Waals surface area contributed by atoms with E-state index in [1.165, 1.54) is 0 Å². The fourth-order valence-corrected chi connectivity index (χ4v) is 1.85. The van der Waals surface area contributed by atoms with Gasteiger partial charge in [-0.15, -0.1) is 0 Å². The quantitative estimate of drug-likeness (QED) is 0.759. The second-order valence-corrected chi connectivity index (χ2v) is 4.02. The van der Waals surface area contributed by atoms with Crippen molar-refractivity contribution in [3.63, 3.8) is 0 Å². The molecular weight excluding hydrogens is 226 g/mol. The molecule has 0 unspecified atom stereocenters. The summed E-state index contributed by atoms with van der Waals surface area (Å²) in [6.07, 6.45) is 3.56. The molecule has 1 N–H and O–H groups in total. The standard InChI is InChI=1S/C13H13N5/c1-18-12-11(6-4-8-15-12)17-13(18)16-9-10-5-2-3-7-14-10/h2-8H,9H2,1H3,(H,16,17). The van der Waals surface area contributed by atoms with E-state index in [1.54, 1.807) is 12.4 Å². The monoisotopic (exact) mass is 239 g/mol. The third-order valence-corrected chi connectivity index (χ3v) is 2.78. The molecular formula is C13H13N5. The van der Waals surface area contributed by atoms with Gasteiger partial charge in [0, 0.05) is 19.4 Å². The Morgan fingerprint density at radius 2 is 2.00 bits per heavy atom. The number of fused-ring (bicyclic) bond motifs is 1. The first kappa shape index (κ1) is 10.7. The van der Waals surface area contributed by atoms with Crippen LogP contribution in [0, 0.1) is 0 Å². The molecule has 0 saturated heterocycles. The molecule has 0 saturated carbocycles. The molecule has 0 radical (unpaired) electrons. The molecule has 3 heterocycles. The van der Waals surface area contributed by atoms with Crippen LogP contribution in [0.2, 0.25) is 0 Å². The molecule has 0 aromatic carbocycles. The summed E-state index contributed by atoms with van der Waals surface area (Å²) in [5.41, 5.74) is 2.75. The van der Waals surface area contributed by atoms with E-state index in [0.29, 0.717) is 6.54 Å². The van der Waals surface area contributed by atoms with Gasteiger partial charge in [-0.3, -0.25) is 9.55 Å². The lowest BCUT2D eigenvalue weighted by Crippen LogP contribution is -2.06. The Morgan fingerprint density at radius 3 is 2.78 bits per heavy atom. The minimum atomic E-state index is 0.651. The minimum absolute atomic E-state index is 0.651. The van der Waals surface area contributed by atoms with Gasteiger partial charge < -0.3 is 5.32 Å². The number of nitrogens with zero attached hydrogens (tertiary/aromatic N) is 4. The van der Waals surface area contributed by atoms with Crippen LogP contribution in [0.15, 0.2) is 42.7 Å². The average molecular weight is 239 g/mol. The summed E-state index contributed by atoms with van der Waals surface area (Å²) in [5.74, 6) is 0.800. The largest absolute Gasteiger partial charge is 0.350 e. The van der Waals surface area contributed by atoms with Gasteiger partial charge >= 0.3 is 0 Å². The normalized spacial score (nSPS) is 10.7. The van der Waals surface area contributed by atoms with E-state index in [1.807, 2.05) is 41.9 Å². The molecule has 18 heavy (non-hydrogen) atoms. The van der Waals surface area contributed by atoms with Crippen molar-refractivity contribution in [1.29, 1.82) is 0 Å². The molecule has 0 bridgehead atoms. The van der Waals surface area contributed by atoms with Gasteiger partial charge in [0.2, 0.25) is 5.95 Å². The molecule has 3 aromatic heterocycles. The Labute approximate surface area is 105 Å². The summed E-state index contributed by atoms with van der Waals surface area (Å²) >= 11 is 0. The van der Waals surface area contributed by atoms with E-state index in [4.69, 9.17) is 0 Å². The average Bonchev–Trinajstić information content (AvgIpc) is 2.75. The van der Waals surface area contributed by atoms with Crippen LogP contribution in [0.3, 0.4) is 0 Å². The third kappa shape index (κ3) is 1.90. The lowest BCUT2D eigenvalue weighted by Gasteiger charge is -2.04. The number of imidazole rings is 1. The van der Waals surface area contributed by atoms with Crippen molar-refractivity contribution in [3.05, 3.63) is 48.4 Å². The lowest BCUT2D eigenvalue weighted by molar-refractivity contribution is 0.905. The zero-order valence-corrected chi connectivity index (χ0v) is 10.0. The molecule has 0 aliphatic heterocycles. The van der Waals surface area contributed by atoms with E-state index in [-0.39, 0.29) is 0 Å². The third-order valence-electron chi connectivity index (χ3n) is 2.78. The first-order chi connectivity index (χ1) is 8.84. The van der Waals surface area contributed by atoms with Crippen LogP contribution >= 0.6 is 0 Å². The van der Waals surface area contributed by atoms with Crippen molar-refractivity contribution in [1.82, 2.24) is 19.5 Å². The minimum Gasteiger partial charge on any atom is -0.350 e. The fraction of sp³-hybridized carbons (Fsp3) is 0.154. The predicted octanol–water partition coefficient (Wildman–Crippen LogP) is 1.98. The second kappa shape index (κ2) is 4.44. The van der Waals surface area contributed by atoms with Crippen LogP contribution in [0.25, 0.3) is 11.2 Å². The van der Waals surface area contributed by atoms with Crippen LogP contribution in [0.1, 0.15) is 5.69 Å². The SMILES string of the molecule is Cn1c(NCc2ccccn2)nc2cccnc21. The molecule has 0 aliphatic carbocycles. The number of hydrogen-bond acceptors (Lipinski definition) is 4. The van der Waals surface area contributed by atoms with Gasteiger partial charge in [0.05, 0.1) is 12.2 Å². The van der Waals surface area contributed by atoms with Crippen molar-refractivity contribution in [2.45, 2.75) is 6.54 Å². The van der Waals surface area contributed by atoms with Crippen molar-refractivity contribution in [2.24, 2.45) is 7.05 Å². The van der Waals surface area contributed by atoms with Crippen LogP contribution in [0.5, 0.6) is 0 Å². The first-order valence-electron chi connectivity index (χ1n) is 5.76. The summed E-state index contributed by atoms with van der Waals surface area (Å²) in [7, 11) is 1.95. The highest BCUT2D eigenvalue weighted by Gasteiger charge is 2.07. The topological polar surface area (TPSA) is 55.6 Å². The number of hydrogen-bond donors (Lipinski definition) is 1. The number of anilines is 1. The van der Waals surface area contributed by atoms with Gasteiger partial charge in [-0.25, -0.2) is 9.97 Å². The van der Waals surface area contributed by atoms with Gasteiger partial charge in [-0.1, -0.05) is 6.07 Å². The predicted molar refractivity (Wildman–Crippen MR) is 70.1 cm³/mol. The number of pyridine rings is 2. The Bertz CT molecular complexity index is 659. The van der Waals surface area contributed by atoms with Gasteiger partial charge in [-0.2, -0.15) is 0 Å². The summed E-state index contributed by atoms with van der Waals surface area (Å²) in [6, 6.07) is 9.70. The summed E-state index contributed by atoms with van der Waals surface area (Å²) < 4.78 is 1.94. The molecule has 0 fully saturated rings. The summed E-state index contributed by atoms with van der Waals surface area (Å²) in [4.78, 5) is 13.1. The highest BCUT2D eigenvalue weighted by Crippen LogP contribution is 2.15. The van der Waals surface area contributed by atoms with Crippen molar-refractivity contribution in [2.75, 3.05) is 5.32 Å². The molecule has 0 atom stereocenters. The Balaban J connectivity index is 1.85. The Morgan fingerprint density at radius 1 is 1.11 bits per heavy atom. The molecule has 0 spiro atoms. The van der Waals surface area contributed by atoms with E-state index in [9.17, 15) is 0 Å². The molecule has 5 nitrogen and oxygen atoms in total. The van der Waals surface area contributed by atoms with Crippen molar-refractivity contribution in [3.8, 4) is 0 Å². The van der Waals surface area contributed by atoms with E-state index >= 15 is 0 Å². The fourth-order valence-electron chi connectivity index (χ4n) is 1.85. The molecule has 0 aliphatic rings. The molecule has 3 aromatic rings. The maximum atomic E-state index is 4.49. The summed E-state index contributed by atoms with van der Waals surface area (Å²) in [6.45, 7) is 0.651. The maximum absolute atomic E-state index is 4.49. The smallest absolute Gasteiger partial charge is 0.205 e. The zero-order chi connectivity index (χ0) is 12.4. The van der Waals surface area contributed by atoms with Gasteiger partial charge in [0.25, 0.3) is 0 Å². The van der Waals surface area contributed by atoms with Crippen LogP contribution in [-0.4, -0.2) is 19.5 Å². The zero-order valence-electron chi connectivity index (χ0n) is 10.0. The molecule has 3 rings (SSSR count). The second-order valence-electron chi connectivity index (χ2n) is 4.02. The number of aryl methyl sites for hydroxylation is 1. The highest BCUT2D eigenvalue weighted by atomic mass is 15.2. The Kier molecular flexibility index (Phi) is 2.64. The van der Waals surface area contributed by atoms with Crippen LogP contribution in [0.4, 0.5) is 5.95 Å². The number of aromatic nitrogens is 4. The van der Waals surface area contributed by atoms with Crippen molar-refractivity contribution < 1.29 is 0 Å². The van der Waals surface area contributed by atoms with Gasteiger partial charge in [-0.05, 0) is 24.3 Å². The van der Waals surface area contributed by atoms with Gasteiger partial charge in [0.15, 0.2) is 5.65 Å². The van der Waals surface area contributed by atoms with Gasteiger partial charge in [0.1, 0.15) is 5.52 Å². The highest BCUT2D eigenvalue weighted by molar-refractivity contribution is 5.74. The lowest BCUT2D eigenvalue weighted by atomic mass is 10.3. The molecule has 0 amide bonds. The first-order valence-corrected chi connectivity index (χ1v) is 5.76. The van der Waals surface area contributed by atoms with E-state index in [0.717, 1.165) is 22.8 Å². The number of nitrogens with one attached hydrogen (secondary N) is 1. The van der Waals surface area contributed by atoms with E-state index < -0.39 is 0 Å². The summed E-state index contributed by atoms with van der Waals surface area (Å²) in [5, 5.41) is 3.27. The maximum Gasteiger partial charge on any atom is 0.205 e. The number of rotatable bonds is 3.